The second-order valence-electron chi connectivity index (χ2n) is 4.12. The molecule has 0 spiro atoms. The van der Waals surface area contributed by atoms with Crippen molar-refractivity contribution >= 4 is 0 Å². The molecular weight excluding hydrogens is 176 g/mol. The van der Waals surface area contributed by atoms with Crippen molar-refractivity contribution in [3.8, 4) is 11.8 Å². The topological polar surface area (TPSA) is 38.0 Å². The Bertz CT molecular complexity index is 349. The largest absolute Gasteiger partial charge is 0.395 e. The molecule has 1 aromatic heterocycles. The number of aliphatic hydroxyl groups excluding tert-OH is 1. The predicted molar refractivity (Wildman–Crippen MR) is 55.8 cm³/mol. The van der Waals surface area contributed by atoms with Crippen LogP contribution in [0, 0.1) is 11.8 Å². The first-order valence-corrected chi connectivity index (χ1v) is 4.69. The summed E-state index contributed by atoms with van der Waals surface area (Å²) in [6.07, 6.45) is 4.18. The normalized spacial score (nSPS) is 10.9. The number of hydrogen-bond acceptors (Lipinski definition) is 2. The lowest BCUT2D eigenvalue weighted by molar-refractivity contribution is 0.305. The summed E-state index contributed by atoms with van der Waals surface area (Å²) in [4.78, 5) is 0. The molecule has 0 radical (unpaired) electrons. The summed E-state index contributed by atoms with van der Waals surface area (Å²) in [6.45, 7) is 6.38. The van der Waals surface area contributed by atoms with Gasteiger partial charge >= 0.3 is 0 Å². The highest BCUT2D eigenvalue weighted by atomic mass is 16.2. The molecule has 76 valence electrons. The van der Waals surface area contributed by atoms with E-state index in [0.29, 0.717) is 6.42 Å². The number of aliphatic hydroxyl groups is 1. The summed E-state index contributed by atoms with van der Waals surface area (Å²) in [5.74, 6) is 5.81. The average Bonchev–Trinajstić information content (AvgIpc) is 2.52. The number of hydrogen-bond donors (Lipinski definition) is 1. The van der Waals surface area contributed by atoms with E-state index in [1.165, 1.54) is 0 Å². The molecule has 1 heterocycles. The van der Waals surface area contributed by atoms with Gasteiger partial charge in [0.15, 0.2) is 0 Å². The second kappa shape index (κ2) is 4.30. The second-order valence-corrected chi connectivity index (χ2v) is 4.12. The summed E-state index contributed by atoms with van der Waals surface area (Å²) in [6, 6.07) is 0. The molecule has 3 heteroatoms. The Morgan fingerprint density at radius 2 is 2.21 bits per heavy atom. The molecule has 0 amide bonds. The quantitative estimate of drug-likeness (QED) is 0.682. The molecule has 0 saturated carbocycles. The van der Waals surface area contributed by atoms with Crippen LogP contribution in [0.4, 0.5) is 0 Å². The zero-order valence-corrected chi connectivity index (χ0v) is 8.91. The minimum atomic E-state index is -0.00307. The van der Waals surface area contributed by atoms with E-state index >= 15 is 0 Å². The van der Waals surface area contributed by atoms with Gasteiger partial charge in [0, 0.05) is 12.6 Å². The molecule has 0 atom stereocenters. The van der Waals surface area contributed by atoms with Crippen LogP contribution in [0.5, 0.6) is 0 Å². The molecule has 0 aliphatic rings. The van der Waals surface area contributed by atoms with Crippen LogP contribution in [0.15, 0.2) is 12.4 Å². The minimum absolute atomic E-state index is 0.00307. The fourth-order valence-corrected chi connectivity index (χ4v) is 0.975. The smallest absolute Gasteiger partial charge is 0.0646 e. The lowest BCUT2D eigenvalue weighted by Crippen LogP contribution is -2.21. The van der Waals surface area contributed by atoms with Crippen LogP contribution in [0.2, 0.25) is 0 Å². The molecule has 1 N–H and O–H groups in total. The molecule has 1 rings (SSSR count). The molecule has 1 aromatic rings. The molecular formula is C11H16N2O. The fourth-order valence-electron chi connectivity index (χ4n) is 0.975. The molecule has 3 nitrogen and oxygen atoms in total. The molecule has 14 heavy (non-hydrogen) atoms. The van der Waals surface area contributed by atoms with Gasteiger partial charge in [-0.2, -0.15) is 5.10 Å². The van der Waals surface area contributed by atoms with Crippen LogP contribution in [-0.4, -0.2) is 21.5 Å². The van der Waals surface area contributed by atoms with Crippen molar-refractivity contribution in [1.29, 1.82) is 0 Å². The van der Waals surface area contributed by atoms with E-state index in [0.717, 1.165) is 5.56 Å². The Hall–Kier alpha value is -1.27. The Morgan fingerprint density at radius 3 is 2.71 bits per heavy atom. The summed E-state index contributed by atoms with van der Waals surface area (Å²) in [7, 11) is 0. The van der Waals surface area contributed by atoms with Crippen molar-refractivity contribution in [2.45, 2.75) is 32.7 Å². The van der Waals surface area contributed by atoms with E-state index in [1.54, 1.807) is 6.20 Å². The van der Waals surface area contributed by atoms with Gasteiger partial charge < -0.3 is 5.11 Å². The summed E-state index contributed by atoms with van der Waals surface area (Å²) in [5.41, 5.74) is 0.894. The van der Waals surface area contributed by atoms with Crippen LogP contribution in [-0.2, 0) is 5.54 Å². The van der Waals surface area contributed by atoms with Gasteiger partial charge in [0.2, 0.25) is 0 Å². The van der Waals surface area contributed by atoms with Crippen LogP contribution >= 0.6 is 0 Å². The van der Waals surface area contributed by atoms with Crippen LogP contribution in [0.25, 0.3) is 0 Å². The van der Waals surface area contributed by atoms with E-state index < -0.39 is 0 Å². The van der Waals surface area contributed by atoms with Crippen molar-refractivity contribution in [1.82, 2.24) is 9.78 Å². The summed E-state index contributed by atoms with van der Waals surface area (Å²) in [5, 5.41) is 12.8. The van der Waals surface area contributed by atoms with Crippen molar-refractivity contribution in [2.24, 2.45) is 0 Å². The molecule has 0 aliphatic carbocycles. The Morgan fingerprint density at radius 1 is 1.50 bits per heavy atom. The fraction of sp³-hybridized carbons (Fsp3) is 0.545. The molecule has 0 unspecified atom stereocenters. The molecule has 0 aliphatic heterocycles. The van der Waals surface area contributed by atoms with Gasteiger partial charge in [-0.15, -0.1) is 0 Å². The van der Waals surface area contributed by atoms with E-state index in [4.69, 9.17) is 5.11 Å². The lowest BCUT2D eigenvalue weighted by Gasteiger charge is -2.18. The SMILES string of the molecule is CC(C)(C)n1cc(C#CCCO)cn1. The highest BCUT2D eigenvalue weighted by molar-refractivity contribution is 5.29. The monoisotopic (exact) mass is 192 g/mol. The van der Waals surface area contributed by atoms with Crippen molar-refractivity contribution in [3.05, 3.63) is 18.0 Å². The van der Waals surface area contributed by atoms with Gasteiger partial charge in [0.1, 0.15) is 0 Å². The van der Waals surface area contributed by atoms with E-state index in [-0.39, 0.29) is 12.1 Å². The zero-order valence-electron chi connectivity index (χ0n) is 8.91. The van der Waals surface area contributed by atoms with Gasteiger partial charge in [-0.25, -0.2) is 0 Å². The van der Waals surface area contributed by atoms with Crippen LogP contribution in [0.1, 0.15) is 32.8 Å². The first-order chi connectivity index (χ1) is 6.54. The van der Waals surface area contributed by atoms with Gasteiger partial charge in [0.25, 0.3) is 0 Å². The van der Waals surface area contributed by atoms with Crippen molar-refractivity contribution < 1.29 is 5.11 Å². The van der Waals surface area contributed by atoms with Crippen molar-refractivity contribution in [2.75, 3.05) is 6.61 Å². The molecule has 0 saturated heterocycles. The average molecular weight is 192 g/mol. The minimum Gasteiger partial charge on any atom is -0.395 e. The Labute approximate surface area is 84.8 Å². The third kappa shape index (κ3) is 2.90. The highest BCUT2D eigenvalue weighted by Crippen LogP contribution is 2.12. The molecule has 0 fully saturated rings. The maximum absolute atomic E-state index is 8.56. The number of nitrogens with zero attached hydrogens (tertiary/aromatic N) is 2. The summed E-state index contributed by atoms with van der Waals surface area (Å²) < 4.78 is 1.88. The van der Waals surface area contributed by atoms with Crippen LogP contribution < -0.4 is 0 Å². The van der Waals surface area contributed by atoms with E-state index in [2.05, 4.69) is 37.7 Å². The van der Waals surface area contributed by atoms with Gasteiger partial charge in [-0.05, 0) is 20.8 Å². The third-order valence-corrected chi connectivity index (χ3v) is 1.74. The first-order valence-electron chi connectivity index (χ1n) is 4.69. The van der Waals surface area contributed by atoms with Crippen LogP contribution in [0.3, 0.4) is 0 Å². The first kappa shape index (κ1) is 10.8. The zero-order chi connectivity index (χ0) is 10.6. The maximum Gasteiger partial charge on any atom is 0.0646 e. The lowest BCUT2D eigenvalue weighted by atomic mass is 10.1. The maximum atomic E-state index is 8.56. The number of rotatable bonds is 1. The predicted octanol–water partition coefficient (Wildman–Crippen LogP) is 1.37. The third-order valence-electron chi connectivity index (χ3n) is 1.74. The van der Waals surface area contributed by atoms with E-state index in [9.17, 15) is 0 Å². The number of aromatic nitrogens is 2. The van der Waals surface area contributed by atoms with E-state index in [1.807, 2.05) is 10.9 Å². The highest BCUT2D eigenvalue weighted by Gasteiger charge is 2.12. The Balaban J connectivity index is 2.75. The van der Waals surface area contributed by atoms with Gasteiger partial charge in [-0.3, -0.25) is 4.68 Å². The Kier molecular flexibility index (Phi) is 3.32. The summed E-state index contributed by atoms with van der Waals surface area (Å²) >= 11 is 0. The van der Waals surface area contributed by atoms with Gasteiger partial charge in [-0.1, -0.05) is 11.8 Å². The molecule has 0 bridgehead atoms. The molecule has 0 aromatic carbocycles. The van der Waals surface area contributed by atoms with Gasteiger partial charge in [0.05, 0.1) is 23.9 Å². The van der Waals surface area contributed by atoms with Crippen molar-refractivity contribution in [3.63, 3.8) is 0 Å². The standard InChI is InChI=1S/C11H16N2O/c1-11(2,3)13-9-10(8-12-13)6-4-5-7-14/h8-9,14H,5,7H2,1-3H3.